The van der Waals surface area contributed by atoms with E-state index in [1.54, 1.807) is 21.3 Å². The number of carbonyl (C=O) groups excluding carboxylic acids is 1. The van der Waals surface area contributed by atoms with Crippen molar-refractivity contribution in [3.63, 3.8) is 0 Å². The van der Waals surface area contributed by atoms with Gasteiger partial charge in [0.15, 0.2) is 0 Å². The van der Waals surface area contributed by atoms with Gasteiger partial charge in [0.05, 0.1) is 32.9 Å². The van der Waals surface area contributed by atoms with Gasteiger partial charge in [-0.1, -0.05) is 0 Å². The molecule has 0 aliphatic heterocycles. The van der Waals surface area contributed by atoms with Gasteiger partial charge in [-0.3, -0.25) is 4.79 Å². The summed E-state index contributed by atoms with van der Waals surface area (Å²) in [5.74, 6) is 2.03. The number of nitrogens with one attached hydrogen (secondary N) is 3. The third kappa shape index (κ3) is 3.17. The van der Waals surface area contributed by atoms with E-state index in [1.807, 2.05) is 30.3 Å². The lowest BCUT2D eigenvalue weighted by atomic mass is 9.91. The highest BCUT2D eigenvalue weighted by Crippen LogP contribution is 2.37. The minimum Gasteiger partial charge on any atom is -0.497 e. The van der Waals surface area contributed by atoms with E-state index >= 15 is 0 Å². The summed E-state index contributed by atoms with van der Waals surface area (Å²) in [6, 6.07) is 11.4. The van der Waals surface area contributed by atoms with Crippen LogP contribution in [0.3, 0.4) is 0 Å². The molecule has 160 valence electrons. The molecule has 0 bridgehead atoms. The summed E-state index contributed by atoms with van der Waals surface area (Å²) in [6.45, 7) is 0. The van der Waals surface area contributed by atoms with Crippen LogP contribution in [0.2, 0.25) is 0 Å². The number of hydrogen-bond acceptors (Lipinski definition) is 4. The normalized spacial score (nSPS) is 15.6. The van der Waals surface area contributed by atoms with Gasteiger partial charge < -0.3 is 29.5 Å². The first-order chi connectivity index (χ1) is 15.1. The van der Waals surface area contributed by atoms with E-state index in [0.29, 0.717) is 17.2 Å². The maximum atomic E-state index is 13.1. The molecule has 0 radical (unpaired) electrons. The Morgan fingerprint density at radius 2 is 1.77 bits per heavy atom. The molecule has 7 heteroatoms. The number of methoxy groups -OCH3 is 3. The van der Waals surface area contributed by atoms with Crippen molar-refractivity contribution in [3.8, 4) is 17.2 Å². The number of H-pyrrole nitrogens is 2. The van der Waals surface area contributed by atoms with E-state index in [0.717, 1.165) is 52.5 Å². The van der Waals surface area contributed by atoms with Crippen LogP contribution < -0.4 is 19.5 Å². The third-order valence-electron chi connectivity index (χ3n) is 6.12. The minimum atomic E-state index is -0.158. The molecule has 4 aromatic rings. The van der Waals surface area contributed by atoms with Crippen molar-refractivity contribution in [2.75, 3.05) is 21.3 Å². The number of amides is 1. The van der Waals surface area contributed by atoms with Crippen LogP contribution in [0, 0.1) is 0 Å². The van der Waals surface area contributed by atoms with Gasteiger partial charge in [0.2, 0.25) is 0 Å². The molecule has 0 unspecified atom stereocenters. The first-order valence-corrected chi connectivity index (χ1v) is 10.4. The molecule has 2 aromatic heterocycles. The Bertz CT molecular complexity index is 1250. The Kier molecular flexibility index (Phi) is 4.73. The fraction of sp³-hybridized carbons (Fsp3) is 0.292. The zero-order chi connectivity index (χ0) is 21.5. The molecule has 0 saturated carbocycles. The second kappa shape index (κ2) is 7.58. The highest BCUT2D eigenvalue weighted by atomic mass is 16.5. The Hall–Kier alpha value is -3.61. The molecule has 1 aliphatic rings. The molecule has 2 aromatic carbocycles. The topological polar surface area (TPSA) is 88.4 Å². The van der Waals surface area contributed by atoms with E-state index in [2.05, 4.69) is 21.4 Å². The zero-order valence-corrected chi connectivity index (χ0v) is 17.8. The first kappa shape index (κ1) is 19.4. The zero-order valence-electron chi connectivity index (χ0n) is 17.8. The SMILES string of the molecule is COc1ccc2[nH]c3c(c2c1)CCC[C@@H]3NC(=O)c1cc2c(OC)ccc(OC)c2[nH]1. The number of aryl methyl sites for hydroxylation is 1. The largest absolute Gasteiger partial charge is 0.497 e. The van der Waals surface area contributed by atoms with Crippen LogP contribution >= 0.6 is 0 Å². The van der Waals surface area contributed by atoms with Crippen LogP contribution in [-0.2, 0) is 6.42 Å². The van der Waals surface area contributed by atoms with Crippen LogP contribution in [0.5, 0.6) is 17.2 Å². The lowest BCUT2D eigenvalue weighted by molar-refractivity contribution is 0.0927. The van der Waals surface area contributed by atoms with Crippen molar-refractivity contribution in [1.29, 1.82) is 0 Å². The summed E-state index contributed by atoms with van der Waals surface area (Å²) in [7, 11) is 4.90. The lowest BCUT2D eigenvalue weighted by Crippen LogP contribution is -2.31. The van der Waals surface area contributed by atoms with Gasteiger partial charge in [-0.05, 0) is 61.2 Å². The number of aromatic nitrogens is 2. The highest BCUT2D eigenvalue weighted by Gasteiger charge is 2.27. The van der Waals surface area contributed by atoms with E-state index in [9.17, 15) is 4.79 Å². The molecular formula is C24H25N3O4. The monoisotopic (exact) mass is 419 g/mol. The Morgan fingerprint density at radius 1 is 0.968 bits per heavy atom. The van der Waals surface area contributed by atoms with Crippen LogP contribution in [-0.4, -0.2) is 37.2 Å². The standard InChI is InChI=1S/C24H25N3O4/c1-29-13-7-8-17-15(11-13)14-5-4-6-18(22(14)25-17)27-24(28)19-12-16-20(30-2)9-10-21(31-3)23(16)26-19/h7-12,18,25-26H,4-6H2,1-3H3,(H,27,28)/t18-/m0/s1. The third-order valence-corrected chi connectivity index (χ3v) is 6.12. The average Bonchev–Trinajstić information content (AvgIpc) is 3.41. The number of hydrogen-bond donors (Lipinski definition) is 3. The number of carbonyl (C=O) groups is 1. The Balaban J connectivity index is 1.48. The van der Waals surface area contributed by atoms with Crippen LogP contribution in [0.4, 0.5) is 0 Å². The molecule has 1 aliphatic carbocycles. The van der Waals surface area contributed by atoms with Gasteiger partial charge in [-0.2, -0.15) is 0 Å². The predicted molar refractivity (Wildman–Crippen MR) is 119 cm³/mol. The molecule has 1 amide bonds. The van der Waals surface area contributed by atoms with Crippen LogP contribution in [0.15, 0.2) is 36.4 Å². The molecule has 1 atom stereocenters. The average molecular weight is 419 g/mol. The van der Waals surface area contributed by atoms with Gasteiger partial charge in [0.25, 0.3) is 5.91 Å². The summed E-state index contributed by atoms with van der Waals surface area (Å²) in [5.41, 5.74) is 4.61. The molecular weight excluding hydrogens is 394 g/mol. The van der Waals surface area contributed by atoms with Crippen molar-refractivity contribution in [1.82, 2.24) is 15.3 Å². The fourth-order valence-corrected chi connectivity index (χ4v) is 4.59. The maximum absolute atomic E-state index is 13.1. The molecule has 5 rings (SSSR count). The highest BCUT2D eigenvalue weighted by molar-refractivity contribution is 6.01. The van der Waals surface area contributed by atoms with Crippen molar-refractivity contribution in [2.24, 2.45) is 0 Å². The number of fused-ring (bicyclic) bond motifs is 4. The Labute approximate surface area is 179 Å². The molecule has 0 saturated heterocycles. The number of ether oxygens (including phenoxy) is 3. The van der Waals surface area contributed by atoms with Gasteiger partial charge in [0.1, 0.15) is 22.9 Å². The molecule has 2 heterocycles. The van der Waals surface area contributed by atoms with Crippen molar-refractivity contribution < 1.29 is 19.0 Å². The Morgan fingerprint density at radius 3 is 2.55 bits per heavy atom. The number of rotatable bonds is 5. The van der Waals surface area contributed by atoms with Gasteiger partial charge in [-0.25, -0.2) is 0 Å². The first-order valence-electron chi connectivity index (χ1n) is 10.4. The van der Waals surface area contributed by atoms with Crippen molar-refractivity contribution in [3.05, 3.63) is 53.3 Å². The molecule has 0 spiro atoms. The smallest absolute Gasteiger partial charge is 0.268 e. The van der Waals surface area contributed by atoms with Crippen LogP contribution in [0.1, 0.15) is 40.6 Å². The van der Waals surface area contributed by atoms with Gasteiger partial charge >= 0.3 is 0 Å². The summed E-state index contributed by atoms with van der Waals surface area (Å²) in [4.78, 5) is 19.9. The van der Waals surface area contributed by atoms with E-state index in [4.69, 9.17) is 14.2 Å². The number of aromatic amines is 2. The summed E-state index contributed by atoms with van der Waals surface area (Å²) in [5, 5.41) is 5.18. The van der Waals surface area contributed by atoms with E-state index < -0.39 is 0 Å². The predicted octanol–water partition coefficient (Wildman–Crippen LogP) is 4.48. The molecule has 31 heavy (non-hydrogen) atoms. The number of benzene rings is 2. The summed E-state index contributed by atoms with van der Waals surface area (Å²) >= 11 is 0. The quantitative estimate of drug-likeness (QED) is 0.445. The van der Waals surface area contributed by atoms with E-state index in [1.165, 1.54) is 5.56 Å². The lowest BCUT2D eigenvalue weighted by Gasteiger charge is -2.23. The fourth-order valence-electron chi connectivity index (χ4n) is 4.59. The summed E-state index contributed by atoms with van der Waals surface area (Å²) in [6.07, 6.45) is 2.88. The molecule has 0 fully saturated rings. The van der Waals surface area contributed by atoms with Gasteiger partial charge in [-0.15, -0.1) is 0 Å². The molecule has 3 N–H and O–H groups in total. The second-order valence-corrected chi connectivity index (χ2v) is 7.79. The minimum absolute atomic E-state index is 0.0788. The molecule has 7 nitrogen and oxygen atoms in total. The maximum Gasteiger partial charge on any atom is 0.268 e. The van der Waals surface area contributed by atoms with Crippen molar-refractivity contribution in [2.45, 2.75) is 25.3 Å². The van der Waals surface area contributed by atoms with Crippen molar-refractivity contribution >= 4 is 27.7 Å². The second-order valence-electron chi connectivity index (χ2n) is 7.79. The van der Waals surface area contributed by atoms with E-state index in [-0.39, 0.29) is 11.9 Å². The summed E-state index contributed by atoms with van der Waals surface area (Å²) < 4.78 is 16.3. The van der Waals surface area contributed by atoms with Gasteiger partial charge in [0, 0.05) is 22.0 Å². The van der Waals surface area contributed by atoms with Crippen LogP contribution in [0.25, 0.3) is 21.8 Å².